The molecule has 130 valence electrons. The molecule has 1 aliphatic rings. The Morgan fingerprint density at radius 1 is 1.04 bits per heavy atom. The number of aromatic nitrogens is 1. The van der Waals surface area contributed by atoms with Gasteiger partial charge >= 0.3 is 5.97 Å². The SMILES string of the molecule is COC(=O)c1c(C)[nH]c(-c2ccccc2)c1[C@@H]1C(=O)Nc2ccccc21. The van der Waals surface area contributed by atoms with Gasteiger partial charge in [-0.2, -0.15) is 0 Å². The molecule has 0 fully saturated rings. The van der Waals surface area contributed by atoms with Crippen molar-refractivity contribution in [3.8, 4) is 11.3 Å². The monoisotopic (exact) mass is 346 g/mol. The number of carbonyl (C=O) groups is 2. The molecule has 1 amide bonds. The quantitative estimate of drug-likeness (QED) is 0.708. The fourth-order valence-electron chi connectivity index (χ4n) is 3.63. The predicted octanol–water partition coefficient (Wildman–Crippen LogP) is 3.86. The second-order valence-corrected chi connectivity index (χ2v) is 6.28. The summed E-state index contributed by atoms with van der Waals surface area (Å²) in [6.07, 6.45) is 0. The van der Waals surface area contributed by atoms with Crippen LogP contribution in [-0.2, 0) is 9.53 Å². The molecule has 2 aromatic carbocycles. The van der Waals surface area contributed by atoms with Crippen molar-refractivity contribution in [2.45, 2.75) is 12.8 Å². The lowest BCUT2D eigenvalue weighted by Gasteiger charge is -2.13. The molecule has 1 atom stereocenters. The van der Waals surface area contributed by atoms with Gasteiger partial charge in [0.25, 0.3) is 0 Å². The lowest BCUT2D eigenvalue weighted by atomic mass is 9.87. The van der Waals surface area contributed by atoms with Crippen molar-refractivity contribution in [1.29, 1.82) is 0 Å². The van der Waals surface area contributed by atoms with Crippen LogP contribution in [0.4, 0.5) is 5.69 Å². The van der Waals surface area contributed by atoms with Crippen molar-refractivity contribution in [3.63, 3.8) is 0 Å². The molecule has 0 unspecified atom stereocenters. The van der Waals surface area contributed by atoms with E-state index in [4.69, 9.17) is 4.74 Å². The van der Waals surface area contributed by atoms with Crippen molar-refractivity contribution in [2.24, 2.45) is 0 Å². The average molecular weight is 346 g/mol. The number of fused-ring (bicyclic) bond motifs is 1. The molecule has 26 heavy (non-hydrogen) atoms. The van der Waals surface area contributed by atoms with E-state index in [0.717, 1.165) is 22.5 Å². The standard InChI is InChI=1S/C21H18N2O3/c1-12-16(21(25)26-2)18(19(22-12)13-8-4-3-5-9-13)17-14-10-6-7-11-15(14)23-20(17)24/h3-11,17,22H,1-2H3,(H,23,24)/t17-/m1/s1. The number of para-hydroxylation sites is 1. The molecule has 1 aliphatic heterocycles. The molecule has 0 spiro atoms. The number of aryl methyl sites for hydroxylation is 1. The molecule has 0 saturated heterocycles. The Balaban J connectivity index is 2.00. The Morgan fingerprint density at radius 3 is 2.46 bits per heavy atom. The first kappa shape index (κ1) is 16.1. The minimum absolute atomic E-state index is 0.146. The third-order valence-corrected chi connectivity index (χ3v) is 4.76. The minimum Gasteiger partial charge on any atom is -0.465 e. The van der Waals surface area contributed by atoms with Crippen LogP contribution in [0.2, 0.25) is 0 Å². The van der Waals surface area contributed by atoms with Gasteiger partial charge in [0, 0.05) is 16.9 Å². The van der Waals surface area contributed by atoms with Crippen LogP contribution in [0.25, 0.3) is 11.3 Å². The molecule has 0 aliphatic carbocycles. The van der Waals surface area contributed by atoms with Gasteiger partial charge in [-0.3, -0.25) is 4.79 Å². The Hall–Kier alpha value is -3.34. The van der Waals surface area contributed by atoms with E-state index >= 15 is 0 Å². The molecule has 0 saturated carbocycles. The van der Waals surface area contributed by atoms with Gasteiger partial charge in [-0.1, -0.05) is 48.5 Å². The number of rotatable bonds is 3. The highest BCUT2D eigenvalue weighted by Crippen LogP contribution is 2.43. The van der Waals surface area contributed by atoms with Crippen LogP contribution in [0.15, 0.2) is 54.6 Å². The number of hydrogen-bond acceptors (Lipinski definition) is 3. The van der Waals surface area contributed by atoms with Crippen LogP contribution in [0.1, 0.15) is 33.1 Å². The summed E-state index contributed by atoms with van der Waals surface area (Å²) < 4.78 is 5.00. The lowest BCUT2D eigenvalue weighted by molar-refractivity contribution is -0.116. The van der Waals surface area contributed by atoms with Crippen LogP contribution in [0.5, 0.6) is 0 Å². The lowest BCUT2D eigenvalue weighted by Crippen LogP contribution is -2.17. The number of nitrogens with one attached hydrogen (secondary N) is 2. The molecule has 5 heteroatoms. The van der Waals surface area contributed by atoms with E-state index in [2.05, 4.69) is 10.3 Å². The molecule has 0 bridgehead atoms. The van der Waals surface area contributed by atoms with Crippen LogP contribution in [0, 0.1) is 6.92 Å². The molecular formula is C21H18N2O3. The number of methoxy groups -OCH3 is 1. The summed E-state index contributed by atoms with van der Waals surface area (Å²) in [5.41, 5.74) is 5.07. The maximum absolute atomic E-state index is 12.8. The van der Waals surface area contributed by atoms with Crippen LogP contribution >= 0.6 is 0 Å². The molecule has 3 aromatic rings. The highest BCUT2D eigenvalue weighted by Gasteiger charge is 2.38. The number of H-pyrrole nitrogens is 1. The molecule has 5 nitrogen and oxygen atoms in total. The van der Waals surface area contributed by atoms with Gasteiger partial charge in [-0.25, -0.2) is 4.79 Å². The van der Waals surface area contributed by atoms with E-state index in [1.807, 2.05) is 61.5 Å². The second-order valence-electron chi connectivity index (χ2n) is 6.28. The Kier molecular flexibility index (Phi) is 3.84. The van der Waals surface area contributed by atoms with Crippen LogP contribution < -0.4 is 5.32 Å². The summed E-state index contributed by atoms with van der Waals surface area (Å²) in [6.45, 7) is 1.82. The van der Waals surface area contributed by atoms with Gasteiger partial charge in [0.15, 0.2) is 0 Å². The largest absolute Gasteiger partial charge is 0.465 e. The Bertz CT molecular complexity index is 1010. The van der Waals surface area contributed by atoms with Gasteiger partial charge in [0.05, 0.1) is 24.3 Å². The first-order chi connectivity index (χ1) is 12.6. The number of anilines is 1. The molecular weight excluding hydrogens is 328 g/mol. The number of esters is 1. The predicted molar refractivity (Wildman–Crippen MR) is 99.2 cm³/mol. The molecule has 2 N–H and O–H groups in total. The number of aromatic amines is 1. The third-order valence-electron chi connectivity index (χ3n) is 4.76. The third kappa shape index (κ3) is 2.40. The summed E-state index contributed by atoms with van der Waals surface area (Å²) in [4.78, 5) is 28.6. The maximum atomic E-state index is 12.8. The number of benzene rings is 2. The van der Waals surface area contributed by atoms with Gasteiger partial charge < -0.3 is 15.0 Å². The molecule has 1 aromatic heterocycles. The summed E-state index contributed by atoms with van der Waals surface area (Å²) in [5, 5.41) is 2.91. The molecule has 4 rings (SSSR count). The normalized spacial score (nSPS) is 15.5. The van der Waals surface area contributed by atoms with Gasteiger partial charge in [-0.05, 0) is 24.1 Å². The van der Waals surface area contributed by atoms with Gasteiger partial charge in [0.2, 0.25) is 5.91 Å². The fourth-order valence-corrected chi connectivity index (χ4v) is 3.63. The van der Waals surface area contributed by atoms with Crippen LogP contribution in [0.3, 0.4) is 0 Å². The molecule has 0 radical (unpaired) electrons. The zero-order chi connectivity index (χ0) is 18.3. The number of hydrogen-bond donors (Lipinski definition) is 2. The minimum atomic E-state index is -0.569. The van der Waals surface area contributed by atoms with E-state index < -0.39 is 11.9 Å². The van der Waals surface area contributed by atoms with E-state index in [-0.39, 0.29) is 5.91 Å². The van der Waals surface area contributed by atoms with Crippen LogP contribution in [-0.4, -0.2) is 24.0 Å². The fraction of sp³-hybridized carbons (Fsp3) is 0.143. The summed E-state index contributed by atoms with van der Waals surface area (Å²) in [5.74, 6) is -1.17. The van der Waals surface area contributed by atoms with E-state index in [1.54, 1.807) is 0 Å². The van der Waals surface area contributed by atoms with E-state index in [9.17, 15) is 9.59 Å². The highest BCUT2D eigenvalue weighted by molar-refractivity contribution is 6.08. The number of amides is 1. The highest BCUT2D eigenvalue weighted by atomic mass is 16.5. The second kappa shape index (κ2) is 6.19. The zero-order valence-electron chi connectivity index (χ0n) is 14.5. The summed E-state index contributed by atoms with van der Waals surface area (Å²) in [6, 6.07) is 17.2. The maximum Gasteiger partial charge on any atom is 0.340 e. The number of ether oxygens (including phenoxy) is 1. The van der Waals surface area contributed by atoms with Gasteiger partial charge in [0.1, 0.15) is 0 Å². The summed E-state index contributed by atoms with van der Waals surface area (Å²) in [7, 11) is 1.35. The number of carbonyl (C=O) groups excluding carboxylic acids is 2. The van der Waals surface area contributed by atoms with Crippen molar-refractivity contribution in [2.75, 3.05) is 12.4 Å². The van der Waals surface area contributed by atoms with E-state index in [0.29, 0.717) is 16.8 Å². The van der Waals surface area contributed by atoms with Crippen molar-refractivity contribution >= 4 is 17.6 Å². The topological polar surface area (TPSA) is 71.2 Å². The average Bonchev–Trinajstić information content (AvgIpc) is 3.17. The Morgan fingerprint density at radius 2 is 1.73 bits per heavy atom. The molecule has 2 heterocycles. The van der Waals surface area contributed by atoms with E-state index in [1.165, 1.54) is 7.11 Å². The van der Waals surface area contributed by atoms with Crippen molar-refractivity contribution < 1.29 is 14.3 Å². The zero-order valence-corrected chi connectivity index (χ0v) is 14.5. The van der Waals surface area contributed by atoms with Crippen molar-refractivity contribution in [1.82, 2.24) is 4.98 Å². The summed E-state index contributed by atoms with van der Waals surface area (Å²) >= 11 is 0. The Labute approximate surface area is 151 Å². The van der Waals surface area contributed by atoms with Crippen molar-refractivity contribution in [3.05, 3.63) is 77.0 Å². The first-order valence-corrected chi connectivity index (χ1v) is 8.37. The first-order valence-electron chi connectivity index (χ1n) is 8.37. The smallest absolute Gasteiger partial charge is 0.340 e. The van der Waals surface area contributed by atoms with Gasteiger partial charge in [-0.15, -0.1) is 0 Å².